The van der Waals surface area contributed by atoms with Crippen molar-refractivity contribution in [3.05, 3.63) is 51.9 Å². The molecule has 0 N–H and O–H groups in total. The lowest BCUT2D eigenvalue weighted by atomic mass is 10.1. The zero-order chi connectivity index (χ0) is 19.4. The molecule has 3 aromatic rings. The van der Waals surface area contributed by atoms with E-state index in [9.17, 15) is 4.79 Å². The molecule has 28 heavy (non-hydrogen) atoms. The van der Waals surface area contributed by atoms with Gasteiger partial charge in [-0.15, -0.1) is 11.3 Å². The molecule has 2 aliphatic rings. The van der Waals surface area contributed by atoms with Crippen molar-refractivity contribution in [1.29, 1.82) is 0 Å². The predicted molar refractivity (Wildman–Crippen MR) is 110 cm³/mol. The van der Waals surface area contributed by atoms with Gasteiger partial charge in [-0.3, -0.25) is 9.36 Å². The smallest absolute Gasteiger partial charge is 0.258 e. The molecular formula is C20H20ClN5OS. The molecule has 1 fully saturated rings. The minimum Gasteiger partial charge on any atom is -0.330 e. The van der Waals surface area contributed by atoms with Crippen LogP contribution in [-0.4, -0.2) is 50.9 Å². The van der Waals surface area contributed by atoms with Gasteiger partial charge in [-0.25, -0.2) is 9.97 Å². The summed E-state index contributed by atoms with van der Waals surface area (Å²) in [6, 6.07) is 5.60. The van der Waals surface area contributed by atoms with Crippen molar-refractivity contribution in [2.75, 3.05) is 20.6 Å². The van der Waals surface area contributed by atoms with Gasteiger partial charge in [-0.1, -0.05) is 17.7 Å². The highest BCUT2D eigenvalue weighted by atomic mass is 35.5. The van der Waals surface area contributed by atoms with Crippen LogP contribution in [0.5, 0.6) is 0 Å². The lowest BCUT2D eigenvalue weighted by Gasteiger charge is -2.23. The zero-order valence-electron chi connectivity index (χ0n) is 15.7. The molecular weight excluding hydrogens is 394 g/mol. The van der Waals surface area contributed by atoms with Gasteiger partial charge < -0.3 is 9.80 Å². The van der Waals surface area contributed by atoms with E-state index in [-0.39, 0.29) is 11.9 Å². The molecule has 0 aliphatic carbocycles. The maximum Gasteiger partial charge on any atom is 0.258 e. The number of hydrogen-bond acceptors (Lipinski definition) is 5. The molecule has 0 saturated carbocycles. The Kier molecular flexibility index (Phi) is 4.26. The topological polar surface area (TPSA) is 54.3 Å². The number of carbonyl (C=O) groups excluding carboxylic acids is 1. The highest BCUT2D eigenvalue weighted by molar-refractivity contribution is 7.13. The van der Waals surface area contributed by atoms with Crippen molar-refractivity contribution in [2.24, 2.45) is 0 Å². The van der Waals surface area contributed by atoms with E-state index < -0.39 is 0 Å². The van der Waals surface area contributed by atoms with Gasteiger partial charge in [0.25, 0.3) is 5.91 Å². The second-order valence-corrected chi connectivity index (χ2v) is 8.79. The van der Waals surface area contributed by atoms with E-state index in [1.165, 1.54) is 0 Å². The standard InChI is InChI=1S/C20H20ClN5OS/c1-24(2)9-12-10-28-19(23-12)17-18-15-7-4-8-25(15)20(27)16-13(21)5-3-6-14(16)26(18)11-22-17/h3,5-6,10-11,15H,4,7-9H2,1-2H3/t15-/m0/s1. The Bertz CT molecular complexity index is 1070. The Morgan fingerprint density at radius 3 is 3.04 bits per heavy atom. The number of halogens is 1. The molecule has 2 aromatic heterocycles. The van der Waals surface area contributed by atoms with Crippen molar-refractivity contribution in [1.82, 2.24) is 24.3 Å². The number of amides is 1. The summed E-state index contributed by atoms with van der Waals surface area (Å²) in [5.74, 6) is 0.00480. The number of carbonyl (C=O) groups is 1. The summed E-state index contributed by atoms with van der Waals surface area (Å²) >= 11 is 8.05. The molecule has 4 heterocycles. The van der Waals surface area contributed by atoms with Crippen molar-refractivity contribution >= 4 is 28.8 Å². The molecule has 1 saturated heterocycles. The fourth-order valence-corrected chi connectivity index (χ4v) is 5.27. The number of imidazole rings is 1. The van der Waals surface area contributed by atoms with E-state index in [0.29, 0.717) is 10.6 Å². The van der Waals surface area contributed by atoms with Crippen LogP contribution in [0.1, 0.15) is 40.6 Å². The largest absolute Gasteiger partial charge is 0.330 e. The third-order valence-corrected chi connectivity index (χ3v) is 6.54. The lowest BCUT2D eigenvalue weighted by molar-refractivity contribution is 0.0739. The second-order valence-electron chi connectivity index (χ2n) is 7.52. The first kappa shape index (κ1) is 17.8. The minimum absolute atomic E-state index is 0.00480. The Balaban J connectivity index is 1.70. The fraction of sp³-hybridized carbons (Fsp3) is 0.350. The van der Waals surface area contributed by atoms with Gasteiger partial charge in [-0.2, -0.15) is 0 Å². The molecule has 1 atom stereocenters. The average Bonchev–Trinajstić information content (AvgIpc) is 3.37. The summed E-state index contributed by atoms with van der Waals surface area (Å²) in [6.45, 7) is 1.53. The number of thiazole rings is 1. The number of rotatable bonds is 3. The third-order valence-electron chi connectivity index (χ3n) is 5.33. The maximum absolute atomic E-state index is 13.3. The first-order valence-corrected chi connectivity index (χ1v) is 10.6. The van der Waals surface area contributed by atoms with Gasteiger partial charge in [0.2, 0.25) is 0 Å². The molecule has 0 bridgehead atoms. The van der Waals surface area contributed by atoms with Crippen molar-refractivity contribution < 1.29 is 4.79 Å². The minimum atomic E-state index is -0.00494. The maximum atomic E-state index is 13.3. The Hall–Kier alpha value is -2.22. The Morgan fingerprint density at radius 1 is 1.36 bits per heavy atom. The van der Waals surface area contributed by atoms with Crippen LogP contribution in [0.15, 0.2) is 29.9 Å². The number of fused-ring (bicyclic) bond motifs is 5. The van der Waals surface area contributed by atoms with Crippen molar-refractivity contribution in [3.8, 4) is 16.4 Å². The van der Waals surface area contributed by atoms with Crippen LogP contribution in [0.3, 0.4) is 0 Å². The van der Waals surface area contributed by atoms with Crippen molar-refractivity contribution in [2.45, 2.75) is 25.4 Å². The zero-order valence-corrected chi connectivity index (χ0v) is 17.3. The van der Waals surface area contributed by atoms with E-state index in [0.717, 1.165) is 53.7 Å². The molecule has 2 aliphatic heterocycles. The quantitative estimate of drug-likeness (QED) is 0.651. The van der Waals surface area contributed by atoms with Crippen LogP contribution in [0, 0.1) is 0 Å². The molecule has 0 unspecified atom stereocenters. The first-order valence-electron chi connectivity index (χ1n) is 9.31. The SMILES string of the molecule is CN(C)Cc1csc(-c2ncn3c2[C@@H]2CCCN2C(=O)c2c(Cl)cccc2-3)n1. The summed E-state index contributed by atoms with van der Waals surface area (Å²) in [7, 11) is 4.06. The van der Waals surface area contributed by atoms with E-state index in [1.54, 1.807) is 17.4 Å². The van der Waals surface area contributed by atoms with Gasteiger partial charge in [-0.05, 0) is 39.1 Å². The Labute approximate surface area is 172 Å². The Morgan fingerprint density at radius 2 is 2.21 bits per heavy atom. The summed E-state index contributed by atoms with van der Waals surface area (Å²) in [5, 5.41) is 3.47. The van der Waals surface area contributed by atoms with E-state index in [2.05, 4.69) is 10.3 Å². The highest BCUT2D eigenvalue weighted by Gasteiger charge is 2.40. The van der Waals surface area contributed by atoms with Crippen LogP contribution >= 0.6 is 22.9 Å². The molecule has 6 nitrogen and oxygen atoms in total. The van der Waals surface area contributed by atoms with Crippen LogP contribution in [0.25, 0.3) is 16.4 Å². The number of hydrogen-bond donors (Lipinski definition) is 0. The van der Waals surface area contributed by atoms with Crippen molar-refractivity contribution in [3.63, 3.8) is 0 Å². The van der Waals surface area contributed by atoms with Gasteiger partial charge >= 0.3 is 0 Å². The number of aromatic nitrogens is 3. The highest BCUT2D eigenvalue weighted by Crippen LogP contribution is 2.43. The monoisotopic (exact) mass is 413 g/mol. The van der Waals surface area contributed by atoms with Crippen LogP contribution < -0.4 is 0 Å². The lowest BCUT2D eigenvalue weighted by Crippen LogP contribution is -2.29. The van der Waals surface area contributed by atoms with Crippen LogP contribution in [-0.2, 0) is 6.54 Å². The second kappa shape index (κ2) is 6.69. The van der Waals surface area contributed by atoms with E-state index in [1.807, 2.05) is 42.0 Å². The van der Waals surface area contributed by atoms with Crippen LogP contribution in [0.4, 0.5) is 0 Å². The summed E-state index contributed by atoms with van der Waals surface area (Å²) < 4.78 is 2.04. The average molecular weight is 414 g/mol. The molecule has 0 spiro atoms. The third kappa shape index (κ3) is 2.69. The number of nitrogens with zero attached hydrogens (tertiary/aromatic N) is 5. The van der Waals surface area contributed by atoms with Gasteiger partial charge in [0.1, 0.15) is 17.0 Å². The molecule has 144 valence electrons. The summed E-state index contributed by atoms with van der Waals surface area (Å²) in [5.41, 5.74) is 4.30. The van der Waals surface area contributed by atoms with E-state index in [4.69, 9.17) is 21.6 Å². The van der Waals surface area contributed by atoms with Gasteiger partial charge in [0, 0.05) is 18.5 Å². The molecule has 1 amide bonds. The normalized spacial score (nSPS) is 18.2. The molecule has 1 aromatic carbocycles. The van der Waals surface area contributed by atoms with Crippen LogP contribution in [0.2, 0.25) is 5.02 Å². The van der Waals surface area contributed by atoms with Gasteiger partial charge in [0.15, 0.2) is 0 Å². The predicted octanol–water partition coefficient (Wildman–Crippen LogP) is 4.00. The fourth-order valence-electron chi connectivity index (χ4n) is 4.21. The summed E-state index contributed by atoms with van der Waals surface area (Å²) in [6.07, 6.45) is 3.71. The molecule has 8 heteroatoms. The number of benzene rings is 1. The summed E-state index contributed by atoms with van der Waals surface area (Å²) in [4.78, 5) is 26.9. The molecule has 0 radical (unpaired) electrons. The first-order chi connectivity index (χ1) is 13.5. The van der Waals surface area contributed by atoms with Gasteiger partial charge in [0.05, 0.1) is 33.7 Å². The molecule has 5 rings (SSSR count). The van der Waals surface area contributed by atoms with E-state index >= 15 is 0 Å².